The van der Waals surface area contributed by atoms with Gasteiger partial charge in [-0.25, -0.2) is 0 Å². The molecule has 16 heteroatoms. The summed E-state index contributed by atoms with van der Waals surface area (Å²) in [5.74, 6) is 0. The highest BCUT2D eigenvalue weighted by atomic mass is 19.4. The van der Waals surface area contributed by atoms with Gasteiger partial charge in [-0.2, -0.15) is 63.2 Å². The van der Waals surface area contributed by atoms with Gasteiger partial charge in [0.15, 0.2) is 0 Å². The van der Waals surface area contributed by atoms with Gasteiger partial charge >= 0.3 is 24.7 Å². The number of nitriles is 2. The van der Waals surface area contributed by atoms with Crippen molar-refractivity contribution >= 4 is 0 Å². The average Bonchev–Trinajstić information content (AvgIpc) is 3.11. The summed E-state index contributed by atoms with van der Waals surface area (Å²) < 4.78 is 166. The molecule has 4 rings (SSSR count). The van der Waals surface area contributed by atoms with Crippen LogP contribution in [0.5, 0.6) is 0 Å². The molecular formula is C40H34F12N2O2. The lowest BCUT2D eigenvalue weighted by Gasteiger charge is -2.27. The lowest BCUT2D eigenvalue weighted by molar-refractivity contribution is -0.144. The van der Waals surface area contributed by atoms with Gasteiger partial charge in [-0.3, -0.25) is 0 Å². The molecule has 4 aromatic rings. The van der Waals surface area contributed by atoms with E-state index in [9.17, 15) is 52.7 Å². The first kappa shape index (κ1) is 45.3. The number of halogens is 12. The third-order valence-electron chi connectivity index (χ3n) is 8.55. The van der Waals surface area contributed by atoms with E-state index in [1.807, 2.05) is 12.1 Å². The molecule has 0 N–H and O–H groups in total. The van der Waals surface area contributed by atoms with Crippen molar-refractivity contribution in [2.75, 3.05) is 13.2 Å². The molecule has 56 heavy (non-hydrogen) atoms. The Morgan fingerprint density at radius 1 is 0.429 bits per heavy atom. The molecule has 4 aromatic carbocycles. The third-order valence-corrected chi connectivity index (χ3v) is 8.55. The van der Waals surface area contributed by atoms with Gasteiger partial charge in [-0.05, 0) is 58.7 Å². The number of hydrogen-bond acceptors (Lipinski definition) is 4. The summed E-state index contributed by atoms with van der Waals surface area (Å²) in [6, 6.07) is 24.6. The smallest absolute Gasteiger partial charge is 0.376 e. The van der Waals surface area contributed by atoms with Crippen LogP contribution < -0.4 is 0 Å². The molecule has 0 aliphatic carbocycles. The summed E-state index contributed by atoms with van der Waals surface area (Å²) in [7, 11) is 0. The van der Waals surface area contributed by atoms with Crippen LogP contribution in [0, 0.1) is 22.7 Å². The van der Waals surface area contributed by atoms with Crippen LogP contribution in [0.3, 0.4) is 0 Å². The fourth-order valence-electron chi connectivity index (χ4n) is 5.50. The second-order valence-electron chi connectivity index (χ2n) is 13.3. The van der Waals surface area contributed by atoms with Crippen LogP contribution in [0.1, 0.15) is 71.2 Å². The van der Waals surface area contributed by atoms with E-state index in [4.69, 9.17) is 20.0 Å². The van der Waals surface area contributed by atoms with Crippen LogP contribution in [-0.2, 0) is 58.2 Å². The number of nitrogens with zero attached hydrogens (tertiary/aromatic N) is 2. The molecule has 0 saturated carbocycles. The maximum absolute atomic E-state index is 12.9. The molecule has 4 nitrogen and oxygen atoms in total. The summed E-state index contributed by atoms with van der Waals surface area (Å²) in [5, 5.41) is 18.2. The molecule has 0 aliphatic rings. The van der Waals surface area contributed by atoms with Crippen LogP contribution in [-0.4, -0.2) is 13.2 Å². The Hall–Kier alpha value is -5.06. The largest absolute Gasteiger partial charge is 0.416 e. The van der Waals surface area contributed by atoms with Gasteiger partial charge < -0.3 is 9.47 Å². The Morgan fingerprint density at radius 2 is 0.696 bits per heavy atom. The van der Waals surface area contributed by atoms with E-state index in [0.29, 0.717) is 24.3 Å². The lowest BCUT2D eigenvalue weighted by Crippen LogP contribution is -2.28. The SMILES string of the molecule is CC(CC#N)(COCc1cc(C(F)(F)F)cc(C(F)(F)F)c1)c1ccccc1.CC(CC#N)(COCc1cc(C(F)(F)F)cc(C(F)(F)F)c1)c1ccccc1. The van der Waals surface area contributed by atoms with Gasteiger partial charge in [0, 0.05) is 23.7 Å². The van der Waals surface area contributed by atoms with Crippen molar-refractivity contribution in [3.63, 3.8) is 0 Å². The Labute approximate surface area is 314 Å². The molecule has 2 unspecified atom stereocenters. The summed E-state index contributed by atoms with van der Waals surface area (Å²) in [6.45, 7) is 2.53. The number of rotatable bonds is 12. The molecule has 0 spiro atoms. The average molecular weight is 803 g/mol. The van der Waals surface area contributed by atoms with E-state index in [2.05, 4.69) is 0 Å². The number of hydrogen-bond donors (Lipinski definition) is 0. The van der Waals surface area contributed by atoms with Crippen molar-refractivity contribution in [3.05, 3.63) is 142 Å². The van der Waals surface area contributed by atoms with Gasteiger partial charge in [0.25, 0.3) is 0 Å². The molecule has 0 bridgehead atoms. The highest BCUT2D eigenvalue weighted by molar-refractivity contribution is 5.35. The van der Waals surface area contributed by atoms with Crippen molar-refractivity contribution in [1.82, 2.24) is 0 Å². The van der Waals surface area contributed by atoms with Crippen molar-refractivity contribution < 1.29 is 62.2 Å². The normalized spacial score (nSPS) is 14.4. The minimum atomic E-state index is -4.91. The maximum atomic E-state index is 12.9. The minimum absolute atomic E-state index is 0.0395. The van der Waals surface area contributed by atoms with Gasteiger partial charge in [0.2, 0.25) is 0 Å². The fourth-order valence-corrected chi connectivity index (χ4v) is 5.50. The number of ether oxygens (including phenoxy) is 2. The molecule has 0 fully saturated rings. The van der Waals surface area contributed by atoms with E-state index < -0.39 is 71.0 Å². The molecule has 0 heterocycles. The molecule has 0 radical (unpaired) electrons. The van der Waals surface area contributed by atoms with E-state index in [-0.39, 0.29) is 49.3 Å². The second-order valence-corrected chi connectivity index (χ2v) is 13.3. The van der Waals surface area contributed by atoms with E-state index in [1.165, 1.54) is 0 Å². The summed E-state index contributed by atoms with van der Waals surface area (Å²) in [5.41, 5.74) is -5.94. The quantitative estimate of drug-likeness (QED) is 0.134. The van der Waals surface area contributed by atoms with Crippen molar-refractivity contribution in [3.8, 4) is 12.1 Å². The van der Waals surface area contributed by atoms with Crippen molar-refractivity contribution in [2.45, 2.75) is 75.4 Å². The van der Waals surface area contributed by atoms with E-state index in [0.717, 1.165) is 11.1 Å². The maximum Gasteiger partial charge on any atom is 0.416 e. The second kappa shape index (κ2) is 18.3. The standard InChI is InChI=1S/2C20H17F6NO/c2*1-18(7-8-27,15-5-3-2-4-6-15)13-28-12-14-9-16(19(21,22)23)11-17(10-14)20(24,25)26/h2*2-6,9-11H,7,12-13H2,1H3. The Kier molecular flexibility index (Phi) is 14.8. The van der Waals surface area contributed by atoms with Crippen LogP contribution in [0.4, 0.5) is 52.7 Å². The zero-order chi connectivity index (χ0) is 42.0. The zero-order valence-electron chi connectivity index (χ0n) is 29.7. The van der Waals surface area contributed by atoms with Gasteiger partial charge in [0.05, 0.1) is 60.8 Å². The third kappa shape index (κ3) is 13.0. The molecule has 0 amide bonds. The van der Waals surface area contributed by atoms with Crippen LogP contribution in [0.2, 0.25) is 0 Å². The summed E-state index contributed by atoms with van der Waals surface area (Å²) in [4.78, 5) is 0. The Balaban J connectivity index is 0.000000300. The molecular weight excluding hydrogens is 768 g/mol. The predicted octanol–water partition coefficient (Wildman–Crippen LogP) is 12.2. The Bertz CT molecular complexity index is 1760. The van der Waals surface area contributed by atoms with Gasteiger partial charge in [-0.15, -0.1) is 0 Å². The van der Waals surface area contributed by atoms with Gasteiger partial charge in [0.1, 0.15) is 0 Å². The molecule has 2 atom stereocenters. The first-order valence-electron chi connectivity index (χ1n) is 16.5. The molecule has 0 aromatic heterocycles. The fraction of sp³-hybridized carbons (Fsp3) is 0.350. The Morgan fingerprint density at radius 3 is 0.929 bits per heavy atom. The summed E-state index contributed by atoms with van der Waals surface area (Å²) in [6.07, 6.45) is -19.5. The van der Waals surface area contributed by atoms with Crippen molar-refractivity contribution in [2.24, 2.45) is 0 Å². The monoisotopic (exact) mass is 802 g/mol. The van der Waals surface area contributed by atoms with Gasteiger partial charge in [-0.1, -0.05) is 74.5 Å². The number of alkyl halides is 12. The lowest BCUT2D eigenvalue weighted by atomic mass is 9.81. The highest BCUT2D eigenvalue weighted by Crippen LogP contribution is 2.38. The number of benzene rings is 4. The van der Waals surface area contributed by atoms with E-state index in [1.54, 1.807) is 74.5 Å². The molecule has 0 saturated heterocycles. The minimum Gasteiger partial charge on any atom is -0.376 e. The topological polar surface area (TPSA) is 66.0 Å². The molecule has 0 aliphatic heterocycles. The van der Waals surface area contributed by atoms with Crippen molar-refractivity contribution in [1.29, 1.82) is 10.5 Å². The first-order valence-corrected chi connectivity index (χ1v) is 16.5. The zero-order valence-corrected chi connectivity index (χ0v) is 29.7. The highest BCUT2D eigenvalue weighted by Gasteiger charge is 2.38. The summed E-state index contributed by atoms with van der Waals surface area (Å²) >= 11 is 0. The van der Waals surface area contributed by atoms with Crippen LogP contribution >= 0.6 is 0 Å². The predicted molar refractivity (Wildman–Crippen MR) is 180 cm³/mol. The van der Waals surface area contributed by atoms with Crippen LogP contribution in [0.25, 0.3) is 0 Å². The van der Waals surface area contributed by atoms with Crippen LogP contribution in [0.15, 0.2) is 97.1 Å². The van der Waals surface area contributed by atoms with E-state index >= 15 is 0 Å². The molecule has 300 valence electrons. The first-order chi connectivity index (χ1) is 25.9.